The van der Waals surface area contributed by atoms with Crippen LogP contribution in [0.4, 0.5) is 0 Å². The molecule has 1 aromatic rings. The number of ether oxygens (including phenoxy) is 1. The number of hydrogen-bond acceptors (Lipinski definition) is 4. The molecule has 1 saturated carbocycles. The summed E-state index contributed by atoms with van der Waals surface area (Å²) in [4.78, 5) is 2.68. The van der Waals surface area contributed by atoms with Gasteiger partial charge in [-0.25, -0.2) is 0 Å². The van der Waals surface area contributed by atoms with Crippen LogP contribution < -0.4 is 16.0 Å². The van der Waals surface area contributed by atoms with Crippen molar-refractivity contribution in [1.29, 1.82) is 0 Å². The molecule has 0 spiro atoms. The highest BCUT2D eigenvalue weighted by molar-refractivity contribution is 5.33. The fourth-order valence-electron chi connectivity index (χ4n) is 4.32. The van der Waals surface area contributed by atoms with Crippen molar-refractivity contribution in [2.75, 3.05) is 20.2 Å². The van der Waals surface area contributed by atoms with Gasteiger partial charge in [0, 0.05) is 5.54 Å². The zero-order valence-corrected chi connectivity index (χ0v) is 13.0. The van der Waals surface area contributed by atoms with E-state index in [2.05, 4.69) is 28.5 Å². The van der Waals surface area contributed by atoms with E-state index < -0.39 is 0 Å². The van der Waals surface area contributed by atoms with E-state index in [0.717, 1.165) is 5.75 Å². The Kier molecular flexibility index (Phi) is 4.48. The lowest BCUT2D eigenvalue weighted by atomic mass is 9.82. The lowest BCUT2D eigenvalue weighted by Crippen LogP contribution is -2.55. The lowest BCUT2D eigenvalue weighted by Gasteiger charge is -2.45. The molecule has 1 heterocycles. The average molecular weight is 289 g/mol. The fourth-order valence-corrected chi connectivity index (χ4v) is 4.32. The zero-order chi connectivity index (χ0) is 14.7. The van der Waals surface area contributed by atoms with Crippen molar-refractivity contribution in [3.8, 4) is 5.75 Å². The Morgan fingerprint density at radius 1 is 1.19 bits per heavy atom. The number of nitrogens with one attached hydrogen (secondary N) is 1. The lowest BCUT2D eigenvalue weighted by molar-refractivity contribution is 0.0763. The number of nitrogens with two attached hydrogens (primary N) is 1. The molecular formula is C17H27N3O. The van der Waals surface area contributed by atoms with Gasteiger partial charge in [0.05, 0.1) is 13.2 Å². The molecular weight excluding hydrogens is 262 g/mol. The van der Waals surface area contributed by atoms with Crippen molar-refractivity contribution in [3.63, 3.8) is 0 Å². The number of rotatable bonds is 5. The van der Waals surface area contributed by atoms with Gasteiger partial charge in [0.1, 0.15) is 5.75 Å². The second-order valence-electron chi connectivity index (χ2n) is 6.38. The van der Waals surface area contributed by atoms with Crippen LogP contribution in [0.2, 0.25) is 0 Å². The predicted molar refractivity (Wildman–Crippen MR) is 85.1 cm³/mol. The third-order valence-corrected chi connectivity index (χ3v) is 5.34. The van der Waals surface area contributed by atoms with E-state index >= 15 is 0 Å². The van der Waals surface area contributed by atoms with E-state index in [1.54, 1.807) is 7.11 Å². The van der Waals surface area contributed by atoms with Crippen molar-refractivity contribution in [2.45, 2.75) is 50.1 Å². The summed E-state index contributed by atoms with van der Waals surface area (Å²) >= 11 is 0. The van der Waals surface area contributed by atoms with E-state index in [-0.39, 0.29) is 11.6 Å². The summed E-state index contributed by atoms with van der Waals surface area (Å²) in [6.07, 6.45) is 7.71. The molecule has 4 heteroatoms. The molecule has 1 aromatic carbocycles. The molecule has 0 bridgehead atoms. The van der Waals surface area contributed by atoms with Crippen LogP contribution in [0.5, 0.6) is 5.75 Å². The first kappa shape index (κ1) is 14.8. The Morgan fingerprint density at radius 3 is 2.52 bits per heavy atom. The monoisotopic (exact) mass is 289 g/mol. The van der Waals surface area contributed by atoms with Gasteiger partial charge in [-0.3, -0.25) is 16.2 Å². The molecule has 1 saturated heterocycles. The topological polar surface area (TPSA) is 50.5 Å². The van der Waals surface area contributed by atoms with Crippen LogP contribution in [0.3, 0.4) is 0 Å². The van der Waals surface area contributed by atoms with Crippen molar-refractivity contribution >= 4 is 0 Å². The number of nitrogens with zero attached hydrogens (tertiary/aromatic N) is 1. The third-order valence-electron chi connectivity index (χ3n) is 5.34. The van der Waals surface area contributed by atoms with E-state index in [0.29, 0.717) is 0 Å². The first-order valence-electron chi connectivity index (χ1n) is 8.15. The Labute approximate surface area is 127 Å². The number of benzene rings is 1. The smallest absolute Gasteiger partial charge is 0.119 e. The molecule has 1 atom stereocenters. The van der Waals surface area contributed by atoms with Gasteiger partial charge in [-0.15, -0.1) is 0 Å². The highest BCUT2D eigenvalue weighted by Gasteiger charge is 2.46. The Bertz CT molecular complexity index is 465. The Balaban J connectivity index is 1.94. The average Bonchev–Trinajstić information content (AvgIpc) is 3.20. The first-order valence-corrected chi connectivity index (χ1v) is 8.15. The van der Waals surface area contributed by atoms with Gasteiger partial charge < -0.3 is 4.74 Å². The minimum Gasteiger partial charge on any atom is -0.497 e. The molecule has 2 fully saturated rings. The molecule has 4 nitrogen and oxygen atoms in total. The largest absolute Gasteiger partial charge is 0.497 e. The van der Waals surface area contributed by atoms with E-state index in [9.17, 15) is 0 Å². The maximum atomic E-state index is 6.01. The quantitative estimate of drug-likeness (QED) is 0.646. The van der Waals surface area contributed by atoms with Crippen molar-refractivity contribution in [1.82, 2.24) is 10.3 Å². The minimum atomic E-state index is 0.174. The molecule has 1 aliphatic carbocycles. The van der Waals surface area contributed by atoms with Gasteiger partial charge in [-0.05, 0) is 56.5 Å². The van der Waals surface area contributed by atoms with Gasteiger partial charge in [-0.1, -0.05) is 25.0 Å². The molecule has 1 aliphatic heterocycles. The van der Waals surface area contributed by atoms with Crippen LogP contribution in [-0.2, 0) is 0 Å². The van der Waals surface area contributed by atoms with Crippen LogP contribution in [-0.4, -0.2) is 30.6 Å². The first-order chi connectivity index (χ1) is 10.3. The summed E-state index contributed by atoms with van der Waals surface area (Å²) in [5.41, 5.74) is 4.55. The van der Waals surface area contributed by atoms with Crippen LogP contribution in [0, 0.1) is 0 Å². The second-order valence-corrected chi connectivity index (χ2v) is 6.38. The van der Waals surface area contributed by atoms with Gasteiger partial charge in [0.25, 0.3) is 0 Å². The maximum absolute atomic E-state index is 6.01. The molecule has 0 radical (unpaired) electrons. The van der Waals surface area contributed by atoms with Crippen molar-refractivity contribution in [3.05, 3.63) is 29.8 Å². The van der Waals surface area contributed by atoms with E-state index in [4.69, 9.17) is 10.6 Å². The Hall–Kier alpha value is -1.10. The predicted octanol–water partition coefficient (Wildman–Crippen LogP) is 2.61. The van der Waals surface area contributed by atoms with Crippen molar-refractivity contribution in [2.24, 2.45) is 5.84 Å². The molecule has 2 aliphatic rings. The highest BCUT2D eigenvalue weighted by atomic mass is 16.5. The molecule has 21 heavy (non-hydrogen) atoms. The molecule has 116 valence electrons. The van der Waals surface area contributed by atoms with Crippen molar-refractivity contribution < 1.29 is 4.74 Å². The summed E-state index contributed by atoms with van der Waals surface area (Å²) in [5, 5.41) is 0. The number of likely N-dealkylation sites (tertiary alicyclic amines) is 1. The number of methoxy groups -OCH3 is 1. The summed E-state index contributed by atoms with van der Waals surface area (Å²) in [7, 11) is 1.72. The highest BCUT2D eigenvalue weighted by Crippen LogP contribution is 2.45. The normalized spacial score (nSPS) is 23.3. The molecule has 3 rings (SSSR count). The Morgan fingerprint density at radius 2 is 1.90 bits per heavy atom. The zero-order valence-electron chi connectivity index (χ0n) is 13.0. The number of hydrogen-bond donors (Lipinski definition) is 2. The van der Waals surface area contributed by atoms with Crippen LogP contribution in [0.25, 0.3) is 0 Å². The summed E-state index contributed by atoms with van der Waals surface area (Å²) in [6, 6.07) is 8.52. The minimum absolute atomic E-state index is 0.174. The third kappa shape index (κ3) is 2.68. The SMILES string of the molecule is COc1cccc(C(NN)C2(N3CCCC3)CCCC2)c1. The standard InChI is InChI=1S/C17H27N3O/c1-21-15-8-6-7-14(13-15)16(19-18)17(9-2-3-10-17)20-11-4-5-12-20/h6-8,13,16,19H,2-5,9-12,18H2,1H3. The number of hydrazine groups is 1. The maximum Gasteiger partial charge on any atom is 0.119 e. The summed E-state index contributed by atoms with van der Waals surface area (Å²) in [5.74, 6) is 6.92. The van der Waals surface area contributed by atoms with Gasteiger partial charge in [0.15, 0.2) is 0 Å². The van der Waals surface area contributed by atoms with Crippen LogP contribution >= 0.6 is 0 Å². The molecule has 0 amide bonds. The van der Waals surface area contributed by atoms with Crippen LogP contribution in [0.15, 0.2) is 24.3 Å². The van der Waals surface area contributed by atoms with E-state index in [1.807, 2.05) is 6.07 Å². The molecule has 0 aromatic heterocycles. The molecule has 3 N–H and O–H groups in total. The van der Waals surface area contributed by atoms with E-state index in [1.165, 1.54) is 57.2 Å². The van der Waals surface area contributed by atoms with Gasteiger partial charge in [-0.2, -0.15) is 0 Å². The van der Waals surface area contributed by atoms with Gasteiger partial charge >= 0.3 is 0 Å². The second kappa shape index (κ2) is 6.34. The fraction of sp³-hybridized carbons (Fsp3) is 0.647. The molecule has 1 unspecified atom stereocenters. The summed E-state index contributed by atoms with van der Waals surface area (Å²) < 4.78 is 5.39. The summed E-state index contributed by atoms with van der Waals surface area (Å²) in [6.45, 7) is 2.42. The van der Waals surface area contributed by atoms with Gasteiger partial charge in [0.2, 0.25) is 0 Å². The van der Waals surface area contributed by atoms with Crippen LogP contribution in [0.1, 0.15) is 50.1 Å².